The van der Waals surface area contributed by atoms with E-state index < -0.39 is 10.0 Å². The van der Waals surface area contributed by atoms with Crippen molar-refractivity contribution >= 4 is 32.3 Å². The van der Waals surface area contributed by atoms with Crippen LogP contribution in [0.25, 0.3) is 16.6 Å². The number of aryl methyl sites for hydroxylation is 2. The van der Waals surface area contributed by atoms with Gasteiger partial charge in [-0.1, -0.05) is 6.42 Å². The summed E-state index contributed by atoms with van der Waals surface area (Å²) < 4.78 is 44.2. The molecular formula is C27H30FN5O2S2. The smallest absolute Gasteiger partial charge is 0.254 e. The van der Waals surface area contributed by atoms with Crippen LogP contribution in [0.15, 0.2) is 53.0 Å². The van der Waals surface area contributed by atoms with Gasteiger partial charge >= 0.3 is 0 Å². The van der Waals surface area contributed by atoms with Gasteiger partial charge in [-0.15, -0.1) is 11.3 Å². The monoisotopic (exact) mass is 539 g/mol. The summed E-state index contributed by atoms with van der Waals surface area (Å²) in [5.41, 5.74) is 3.96. The van der Waals surface area contributed by atoms with Crippen LogP contribution in [0.3, 0.4) is 0 Å². The van der Waals surface area contributed by atoms with Crippen molar-refractivity contribution in [3.8, 4) is 5.69 Å². The van der Waals surface area contributed by atoms with Gasteiger partial charge in [-0.25, -0.2) is 22.5 Å². The van der Waals surface area contributed by atoms with Crippen LogP contribution in [-0.2, 0) is 10.0 Å². The van der Waals surface area contributed by atoms with E-state index in [2.05, 4.69) is 34.0 Å². The van der Waals surface area contributed by atoms with Crippen LogP contribution in [-0.4, -0.2) is 58.6 Å². The Kier molecular flexibility index (Phi) is 6.38. The molecule has 1 aliphatic carbocycles. The molecule has 3 heterocycles. The zero-order valence-electron chi connectivity index (χ0n) is 21.0. The molecule has 4 aromatic rings. The topological polar surface area (TPSA) is 71.3 Å². The van der Waals surface area contributed by atoms with Gasteiger partial charge in [0.25, 0.3) is 10.0 Å². The summed E-state index contributed by atoms with van der Waals surface area (Å²) in [6.07, 6.45) is 7.07. The second-order valence-electron chi connectivity index (χ2n) is 10.2. The van der Waals surface area contributed by atoms with Crippen LogP contribution in [0, 0.1) is 25.6 Å². The van der Waals surface area contributed by atoms with Gasteiger partial charge in [0.1, 0.15) is 5.82 Å². The maximum absolute atomic E-state index is 13.5. The molecular weight excluding hydrogens is 509 g/mol. The number of fused-ring (bicyclic) bond motifs is 1. The maximum Gasteiger partial charge on any atom is 0.254 e. The minimum absolute atomic E-state index is 0.0447. The van der Waals surface area contributed by atoms with Crippen LogP contribution in [0.2, 0.25) is 0 Å². The van der Waals surface area contributed by atoms with E-state index in [1.54, 1.807) is 16.4 Å². The first-order chi connectivity index (χ1) is 17.8. The number of nitrogens with zero attached hydrogens (tertiary/aromatic N) is 5. The second kappa shape index (κ2) is 9.58. The summed E-state index contributed by atoms with van der Waals surface area (Å²) in [5.74, 6) is 0.399. The Labute approximate surface area is 220 Å². The van der Waals surface area contributed by atoms with Gasteiger partial charge in [0.05, 0.1) is 28.6 Å². The van der Waals surface area contributed by atoms with Crippen molar-refractivity contribution < 1.29 is 12.8 Å². The Balaban J connectivity index is 1.37. The third kappa shape index (κ3) is 4.60. The van der Waals surface area contributed by atoms with Gasteiger partial charge in [-0.3, -0.25) is 4.90 Å². The standard InChI is InChI=1S/C27H30FN5O2S2/c1-18-12-25-21(14-30-33(25)23-8-6-22(28)7-9-23)13-24(18)26-17-32(11-10-31(26)16-20-4-3-5-20)37(34,35)27-15-29-19(2)36-27/h6-9,12-15,20,26H,3-5,10-11,16-17H2,1-2H3/t26-/m1/s1. The molecule has 6 rings (SSSR count). The minimum atomic E-state index is -3.60. The molecule has 37 heavy (non-hydrogen) atoms. The number of thiazole rings is 1. The number of aromatic nitrogens is 3. The summed E-state index contributed by atoms with van der Waals surface area (Å²) in [6, 6.07) is 10.5. The quantitative estimate of drug-likeness (QED) is 0.342. The number of sulfonamides is 1. The molecule has 2 aromatic heterocycles. The predicted molar refractivity (Wildman–Crippen MR) is 143 cm³/mol. The van der Waals surface area contributed by atoms with Crippen molar-refractivity contribution in [1.82, 2.24) is 24.0 Å². The Hall–Kier alpha value is -2.66. The molecule has 0 bridgehead atoms. The van der Waals surface area contributed by atoms with Crippen LogP contribution in [0.5, 0.6) is 0 Å². The fourth-order valence-corrected chi connectivity index (χ4v) is 8.17. The minimum Gasteiger partial charge on any atom is -0.293 e. The molecule has 0 radical (unpaired) electrons. The summed E-state index contributed by atoms with van der Waals surface area (Å²) in [4.78, 5) is 6.66. The van der Waals surface area contributed by atoms with E-state index in [9.17, 15) is 12.8 Å². The Morgan fingerprint density at radius 2 is 1.86 bits per heavy atom. The van der Waals surface area contributed by atoms with Crippen molar-refractivity contribution in [3.63, 3.8) is 0 Å². The number of piperazine rings is 1. The average molecular weight is 540 g/mol. The number of rotatable bonds is 6. The zero-order valence-corrected chi connectivity index (χ0v) is 22.6. The lowest BCUT2D eigenvalue weighted by Crippen LogP contribution is -2.51. The van der Waals surface area contributed by atoms with E-state index in [-0.39, 0.29) is 11.9 Å². The summed E-state index contributed by atoms with van der Waals surface area (Å²) in [5, 5.41) is 6.30. The van der Waals surface area contributed by atoms with Crippen molar-refractivity contribution in [3.05, 3.63) is 70.7 Å². The fourth-order valence-electron chi connectivity index (χ4n) is 5.47. The van der Waals surface area contributed by atoms with Gasteiger partial charge in [-0.2, -0.15) is 9.40 Å². The van der Waals surface area contributed by atoms with E-state index in [0.29, 0.717) is 29.8 Å². The summed E-state index contributed by atoms with van der Waals surface area (Å²) >= 11 is 1.23. The van der Waals surface area contributed by atoms with Crippen molar-refractivity contribution in [2.45, 2.75) is 43.4 Å². The van der Waals surface area contributed by atoms with Gasteiger partial charge in [0.15, 0.2) is 4.21 Å². The fraction of sp³-hybridized carbons (Fsp3) is 0.407. The van der Waals surface area contributed by atoms with Gasteiger partial charge < -0.3 is 0 Å². The molecule has 1 saturated heterocycles. The van der Waals surface area contributed by atoms with Gasteiger partial charge in [-0.05, 0) is 80.1 Å². The van der Waals surface area contributed by atoms with Crippen molar-refractivity contribution in [2.75, 3.05) is 26.2 Å². The van der Waals surface area contributed by atoms with Gasteiger partial charge in [0, 0.05) is 37.6 Å². The lowest BCUT2D eigenvalue weighted by Gasteiger charge is -2.44. The Morgan fingerprint density at radius 1 is 1.08 bits per heavy atom. The molecule has 2 aromatic carbocycles. The molecule has 1 aliphatic heterocycles. The molecule has 194 valence electrons. The molecule has 2 fully saturated rings. The molecule has 1 saturated carbocycles. The van der Waals surface area contributed by atoms with E-state index in [1.807, 2.05) is 17.8 Å². The second-order valence-corrected chi connectivity index (χ2v) is 13.6. The highest BCUT2D eigenvalue weighted by molar-refractivity contribution is 7.91. The van der Waals surface area contributed by atoms with Crippen LogP contribution in [0.1, 0.15) is 41.4 Å². The number of hydrogen-bond donors (Lipinski definition) is 0. The van der Waals surface area contributed by atoms with Crippen LogP contribution in [0.4, 0.5) is 4.39 Å². The lowest BCUT2D eigenvalue weighted by atomic mass is 9.84. The summed E-state index contributed by atoms with van der Waals surface area (Å²) in [7, 11) is -3.60. The van der Waals surface area contributed by atoms with Gasteiger partial charge in [0.2, 0.25) is 0 Å². The maximum atomic E-state index is 13.5. The molecule has 0 N–H and O–H groups in total. The first-order valence-electron chi connectivity index (χ1n) is 12.7. The van der Waals surface area contributed by atoms with E-state index >= 15 is 0 Å². The van der Waals surface area contributed by atoms with Crippen molar-refractivity contribution in [2.24, 2.45) is 5.92 Å². The van der Waals surface area contributed by atoms with Crippen LogP contribution >= 0.6 is 11.3 Å². The predicted octanol–water partition coefficient (Wildman–Crippen LogP) is 5.09. The molecule has 2 aliphatic rings. The molecule has 1 atom stereocenters. The zero-order chi connectivity index (χ0) is 25.7. The SMILES string of the molecule is Cc1ncc(S(=O)(=O)N2CCN(CC3CCC3)[C@@H](c3cc4cnn(-c5ccc(F)cc5)c4cc3C)C2)s1. The Bertz CT molecular complexity index is 1540. The average Bonchev–Trinajstić information content (AvgIpc) is 3.48. The molecule has 7 nitrogen and oxygen atoms in total. The molecule has 10 heteroatoms. The van der Waals surface area contributed by atoms with Crippen molar-refractivity contribution in [1.29, 1.82) is 0 Å². The highest BCUT2D eigenvalue weighted by Gasteiger charge is 2.38. The normalized spacial score (nSPS) is 19.9. The number of hydrogen-bond acceptors (Lipinski definition) is 6. The van der Waals surface area contributed by atoms with E-state index in [4.69, 9.17) is 0 Å². The molecule has 0 amide bonds. The molecule has 0 unspecified atom stereocenters. The third-order valence-electron chi connectivity index (χ3n) is 7.75. The van der Waals surface area contributed by atoms with Crippen LogP contribution < -0.4 is 0 Å². The highest BCUT2D eigenvalue weighted by atomic mass is 32.2. The Morgan fingerprint density at radius 3 is 2.54 bits per heavy atom. The molecule has 0 spiro atoms. The first-order valence-corrected chi connectivity index (χ1v) is 15.0. The summed E-state index contributed by atoms with van der Waals surface area (Å²) in [6.45, 7) is 6.48. The largest absolute Gasteiger partial charge is 0.293 e. The van der Waals surface area contributed by atoms with E-state index in [1.165, 1.54) is 48.9 Å². The first kappa shape index (κ1) is 24.7. The van der Waals surface area contributed by atoms with E-state index in [0.717, 1.165) is 39.3 Å². The lowest BCUT2D eigenvalue weighted by molar-refractivity contribution is 0.0808. The third-order valence-corrected chi connectivity index (χ3v) is 11.0. The number of benzene rings is 2. The highest BCUT2D eigenvalue weighted by Crippen LogP contribution is 2.37. The number of halogens is 1.